The van der Waals surface area contributed by atoms with Crippen molar-refractivity contribution in [3.63, 3.8) is 0 Å². The minimum Gasteiger partial charge on any atom is -0.467 e. The van der Waals surface area contributed by atoms with Gasteiger partial charge in [0.25, 0.3) is 0 Å². The Bertz CT molecular complexity index is 401. The molecule has 6 nitrogen and oxygen atoms in total. The SMILES string of the molecule is N#CC1CN(CC(O)COCc2ccco2)CCO1. The van der Waals surface area contributed by atoms with E-state index in [-0.39, 0.29) is 6.61 Å². The molecule has 0 saturated carbocycles. The van der Waals surface area contributed by atoms with Gasteiger partial charge >= 0.3 is 0 Å². The molecule has 1 aromatic heterocycles. The first-order valence-electron chi connectivity index (χ1n) is 6.29. The molecule has 1 N–H and O–H groups in total. The number of hydrogen-bond acceptors (Lipinski definition) is 6. The number of ether oxygens (including phenoxy) is 2. The number of aliphatic hydroxyl groups excluding tert-OH is 1. The number of aliphatic hydroxyl groups is 1. The summed E-state index contributed by atoms with van der Waals surface area (Å²) in [6.45, 7) is 2.88. The van der Waals surface area contributed by atoms with Crippen LogP contribution in [0.3, 0.4) is 0 Å². The summed E-state index contributed by atoms with van der Waals surface area (Å²) in [6, 6.07) is 5.70. The maximum absolute atomic E-state index is 9.87. The van der Waals surface area contributed by atoms with Crippen LogP contribution in [0.2, 0.25) is 0 Å². The van der Waals surface area contributed by atoms with Crippen molar-refractivity contribution in [2.45, 2.75) is 18.8 Å². The highest BCUT2D eigenvalue weighted by Gasteiger charge is 2.21. The molecule has 104 valence electrons. The molecule has 2 rings (SSSR count). The van der Waals surface area contributed by atoms with Crippen molar-refractivity contribution in [2.24, 2.45) is 0 Å². The van der Waals surface area contributed by atoms with E-state index in [1.807, 2.05) is 11.0 Å². The Kier molecular flexibility index (Phi) is 5.36. The van der Waals surface area contributed by atoms with E-state index in [1.165, 1.54) is 0 Å². The summed E-state index contributed by atoms with van der Waals surface area (Å²) >= 11 is 0. The van der Waals surface area contributed by atoms with Crippen molar-refractivity contribution in [3.05, 3.63) is 24.2 Å². The van der Waals surface area contributed by atoms with Crippen molar-refractivity contribution in [1.29, 1.82) is 5.26 Å². The number of β-amino-alcohol motifs (C(OH)–C–C–N with tert-alkyl or cyclic N) is 1. The molecule has 1 aromatic rings. The second-order valence-corrected chi connectivity index (χ2v) is 4.50. The van der Waals surface area contributed by atoms with Crippen LogP contribution >= 0.6 is 0 Å². The van der Waals surface area contributed by atoms with Crippen molar-refractivity contribution >= 4 is 0 Å². The molecule has 2 atom stereocenters. The van der Waals surface area contributed by atoms with Crippen molar-refractivity contribution < 1.29 is 19.0 Å². The van der Waals surface area contributed by atoms with Crippen molar-refractivity contribution in [3.8, 4) is 6.07 Å². The van der Waals surface area contributed by atoms with Crippen LogP contribution in [0.4, 0.5) is 0 Å². The molecule has 1 fully saturated rings. The predicted molar refractivity (Wildman–Crippen MR) is 66.2 cm³/mol. The highest BCUT2D eigenvalue weighted by atomic mass is 16.5. The topological polar surface area (TPSA) is 78.9 Å². The van der Waals surface area contributed by atoms with Gasteiger partial charge in [-0.2, -0.15) is 5.26 Å². The fraction of sp³-hybridized carbons (Fsp3) is 0.615. The Morgan fingerprint density at radius 2 is 2.53 bits per heavy atom. The summed E-state index contributed by atoms with van der Waals surface area (Å²) in [5.74, 6) is 0.739. The van der Waals surface area contributed by atoms with Gasteiger partial charge in [0.2, 0.25) is 0 Å². The van der Waals surface area contributed by atoms with Gasteiger partial charge in [0, 0.05) is 19.6 Å². The number of hydrogen-bond donors (Lipinski definition) is 1. The Hall–Kier alpha value is -1.39. The van der Waals surface area contributed by atoms with E-state index in [0.717, 1.165) is 12.3 Å². The molecule has 1 aliphatic rings. The molecule has 2 heterocycles. The van der Waals surface area contributed by atoms with E-state index in [0.29, 0.717) is 26.3 Å². The van der Waals surface area contributed by atoms with Gasteiger partial charge in [-0.3, -0.25) is 4.90 Å². The molecule has 0 bridgehead atoms. The fourth-order valence-electron chi connectivity index (χ4n) is 1.99. The Morgan fingerprint density at radius 3 is 3.26 bits per heavy atom. The van der Waals surface area contributed by atoms with Crippen molar-refractivity contribution in [2.75, 3.05) is 32.8 Å². The zero-order valence-electron chi connectivity index (χ0n) is 10.7. The lowest BCUT2D eigenvalue weighted by Gasteiger charge is -2.30. The molecule has 6 heteroatoms. The predicted octanol–water partition coefficient (Wildman–Crippen LogP) is 0.381. The third kappa shape index (κ3) is 4.65. The summed E-state index contributed by atoms with van der Waals surface area (Å²) in [7, 11) is 0. The van der Waals surface area contributed by atoms with E-state index in [1.54, 1.807) is 12.3 Å². The summed E-state index contributed by atoms with van der Waals surface area (Å²) in [6.07, 6.45) is 0.614. The lowest BCUT2D eigenvalue weighted by molar-refractivity contribution is -0.0358. The van der Waals surface area contributed by atoms with Gasteiger partial charge in [0.15, 0.2) is 6.10 Å². The normalized spacial score (nSPS) is 22.0. The zero-order valence-corrected chi connectivity index (χ0v) is 10.7. The minimum absolute atomic E-state index is 0.245. The number of nitrogens with zero attached hydrogens (tertiary/aromatic N) is 2. The Labute approximate surface area is 112 Å². The van der Waals surface area contributed by atoms with Gasteiger partial charge in [0.1, 0.15) is 12.4 Å². The molecular formula is C13H18N2O4. The zero-order chi connectivity index (χ0) is 13.5. The highest BCUT2D eigenvalue weighted by Crippen LogP contribution is 2.06. The van der Waals surface area contributed by atoms with Crippen LogP contribution in [0.1, 0.15) is 5.76 Å². The highest BCUT2D eigenvalue weighted by molar-refractivity contribution is 4.96. The first kappa shape index (κ1) is 14.0. The van der Waals surface area contributed by atoms with Crippen LogP contribution in [-0.2, 0) is 16.1 Å². The molecule has 2 unspecified atom stereocenters. The van der Waals surface area contributed by atoms with Crippen LogP contribution in [-0.4, -0.2) is 55.1 Å². The van der Waals surface area contributed by atoms with Crippen LogP contribution in [0.15, 0.2) is 22.8 Å². The maximum Gasteiger partial charge on any atom is 0.156 e. The van der Waals surface area contributed by atoms with E-state index < -0.39 is 12.2 Å². The average molecular weight is 266 g/mol. The van der Waals surface area contributed by atoms with Crippen LogP contribution < -0.4 is 0 Å². The first-order valence-corrected chi connectivity index (χ1v) is 6.29. The van der Waals surface area contributed by atoms with Crippen molar-refractivity contribution in [1.82, 2.24) is 4.90 Å². The lowest BCUT2D eigenvalue weighted by atomic mass is 10.2. The number of morpholine rings is 1. The van der Waals surface area contributed by atoms with E-state index in [2.05, 4.69) is 6.07 Å². The third-order valence-corrected chi connectivity index (χ3v) is 2.90. The molecular weight excluding hydrogens is 248 g/mol. The van der Waals surface area contributed by atoms with Gasteiger partial charge in [-0.25, -0.2) is 0 Å². The second-order valence-electron chi connectivity index (χ2n) is 4.50. The molecule has 0 aromatic carbocycles. The molecule has 1 aliphatic heterocycles. The number of furan rings is 1. The monoisotopic (exact) mass is 266 g/mol. The fourth-order valence-corrected chi connectivity index (χ4v) is 1.99. The van der Waals surface area contributed by atoms with E-state index in [9.17, 15) is 5.11 Å². The van der Waals surface area contributed by atoms with Gasteiger partial charge in [-0.1, -0.05) is 0 Å². The summed E-state index contributed by atoms with van der Waals surface area (Å²) in [5, 5.41) is 18.7. The van der Waals surface area contributed by atoms with Gasteiger partial charge in [-0.15, -0.1) is 0 Å². The van der Waals surface area contributed by atoms with E-state index >= 15 is 0 Å². The maximum atomic E-state index is 9.87. The van der Waals surface area contributed by atoms with Crippen LogP contribution in [0.25, 0.3) is 0 Å². The number of nitriles is 1. The smallest absolute Gasteiger partial charge is 0.156 e. The third-order valence-electron chi connectivity index (χ3n) is 2.90. The summed E-state index contributed by atoms with van der Waals surface area (Å²) < 4.78 is 15.7. The molecule has 1 saturated heterocycles. The molecule has 0 spiro atoms. The van der Waals surface area contributed by atoms with Gasteiger partial charge in [0.05, 0.1) is 31.7 Å². The largest absolute Gasteiger partial charge is 0.467 e. The minimum atomic E-state index is -0.576. The summed E-state index contributed by atoms with van der Waals surface area (Å²) in [5.41, 5.74) is 0. The van der Waals surface area contributed by atoms with Gasteiger partial charge in [-0.05, 0) is 12.1 Å². The second kappa shape index (κ2) is 7.26. The molecule has 0 radical (unpaired) electrons. The average Bonchev–Trinajstić information content (AvgIpc) is 2.92. The molecule has 19 heavy (non-hydrogen) atoms. The number of rotatable bonds is 6. The van der Waals surface area contributed by atoms with Gasteiger partial charge < -0.3 is 19.0 Å². The van der Waals surface area contributed by atoms with E-state index in [4.69, 9.17) is 19.2 Å². The van der Waals surface area contributed by atoms with Crippen LogP contribution in [0, 0.1) is 11.3 Å². The quantitative estimate of drug-likeness (QED) is 0.802. The first-order chi connectivity index (χ1) is 9.28. The Balaban J connectivity index is 1.63. The standard InChI is InChI=1S/C13H18N2O4/c14-6-13-8-15(3-5-19-13)7-11(16)9-17-10-12-2-1-4-18-12/h1-2,4,11,13,16H,3,5,7-10H2. The van der Waals surface area contributed by atoms with Crippen LogP contribution in [0.5, 0.6) is 0 Å². The molecule has 0 aliphatic carbocycles. The molecule has 0 amide bonds. The summed E-state index contributed by atoms with van der Waals surface area (Å²) in [4.78, 5) is 2.01. The lowest BCUT2D eigenvalue weighted by Crippen LogP contribution is -2.45. The Morgan fingerprint density at radius 1 is 1.63 bits per heavy atom.